The van der Waals surface area contributed by atoms with Crippen molar-refractivity contribution in [3.05, 3.63) is 10.5 Å². The van der Waals surface area contributed by atoms with Crippen LogP contribution in [0.1, 0.15) is 25.7 Å². The van der Waals surface area contributed by atoms with Crippen LogP contribution in [0.25, 0.3) is 0 Å². The van der Waals surface area contributed by atoms with Crippen molar-refractivity contribution in [2.75, 3.05) is 5.75 Å². The molecule has 0 aromatic carbocycles. The van der Waals surface area contributed by atoms with Crippen LogP contribution >= 0.6 is 11.8 Å². The summed E-state index contributed by atoms with van der Waals surface area (Å²) in [6.45, 7) is 0. The number of hydrogen-bond donors (Lipinski definition) is 2. The molecule has 2 unspecified atom stereocenters. The van der Waals surface area contributed by atoms with E-state index in [4.69, 9.17) is 5.73 Å². The predicted molar refractivity (Wildman–Crippen MR) is 51.9 cm³/mol. The van der Waals surface area contributed by atoms with Crippen molar-refractivity contribution in [3.63, 3.8) is 0 Å². The highest BCUT2D eigenvalue weighted by Gasteiger charge is 2.29. The molecule has 2 atom stereocenters. The maximum Gasteiger partial charge on any atom is 0.0776 e. The number of nitrogens with two attached hydrogens (primary N) is 1. The molecule has 0 fully saturated rings. The molecule has 1 heterocycles. The van der Waals surface area contributed by atoms with Crippen molar-refractivity contribution in [2.45, 2.75) is 37.8 Å². The standard InChI is InChI=1S/C9H15NOS/c10-6-5-12-8-4-2-1-3-7(11)9(6)8/h6-7,11H,1-5,10H2. The molecular weight excluding hydrogens is 170 g/mol. The van der Waals surface area contributed by atoms with Gasteiger partial charge in [0.2, 0.25) is 0 Å². The SMILES string of the molecule is NC1CSC2=C1C(O)CCCC2. The number of aliphatic hydroxyl groups is 1. The van der Waals surface area contributed by atoms with Gasteiger partial charge >= 0.3 is 0 Å². The Morgan fingerprint density at radius 1 is 1.42 bits per heavy atom. The lowest BCUT2D eigenvalue weighted by Crippen LogP contribution is -2.28. The number of thioether (sulfide) groups is 1. The van der Waals surface area contributed by atoms with E-state index < -0.39 is 0 Å². The minimum absolute atomic E-state index is 0.123. The largest absolute Gasteiger partial charge is 0.389 e. The van der Waals surface area contributed by atoms with E-state index in [9.17, 15) is 5.11 Å². The molecule has 3 heteroatoms. The van der Waals surface area contributed by atoms with Crippen LogP contribution in [0, 0.1) is 0 Å². The van der Waals surface area contributed by atoms with E-state index in [2.05, 4.69) is 0 Å². The fourth-order valence-corrected chi connectivity index (χ4v) is 3.30. The van der Waals surface area contributed by atoms with Crippen LogP contribution in [0.3, 0.4) is 0 Å². The molecule has 2 rings (SSSR count). The summed E-state index contributed by atoms with van der Waals surface area (Å²) in [6, 6.07) is 0.123. The second-order valence-electron chi connectivity index (χ2n) is 3.56. The van der Waals surface area contributed by atoms with E-state index in [1.54, 1.807) is 0 Å². The number of aliphatic hydroxyl groups excluding tert-OH is 1. The van der Waals surface area contributed by atoms with Crippen LogP contribution < -0.4 is 5.73 Å². The summed E-state index contributed by atoms with van der Waals surface area (Å²) in [4.78, 5) is 1.38. The molecule has 0 bridgehead atoms. The van der Waals surface area contributed by atoms with Crippen molar-refractivity contribution in [1.29, 1.82) is 0 Å². The Morgan fingerprint density at radius 2 is 2.25 bits per heavy atom. The molecule has 12 heavy (non-hydrogen) atoms. The van der Waals surface area contributed by atoms with Gasteiger partial charge in [-0.25, -0.2) is 0 Å². The van der Waals surface area contributed by atoms with Gasteiger partial charge in [-0.1, -0.05) is 6.42 Å². The van der Waals surface area contributed by atoms with E-state index in [0.29, 0.717) is 0 Å². The van der Waals surface area contributed by atoms with Gasteiger partial charge in [-0.05, 0) is 29.7 Å². The Bertz CT molecular complexity index is 215. The van der Waals surface area contributed by atoms with Crippen LogP contribution in [0.4, 0.5) is 0 Å². The molecule has 3 N–H and O–H groups in total. The molecule has 0 radical (unpaired) electrons. The monoisotopic (exact) mass is 185 g/mol. The van der Waals surface area contributed by atoms with E-state index in [0.717, 1.165) is 30.6 Å². The third-order valence-corrected chi connectivity index (χ3v) is 3.96. The zero-order chi connectivity index (χ0) is 8.55. The number of allylic oxidation sites excluding steroid dienone is 1. The smallest absolute Gasteiger partial charge is 0.0776 e. The molecule has 0 saturated carbocycles. The van der Waals surface area contributed by atoms with Crippen LogP contribution in [0.2, 0.25) is 0 Å². The minimum Gasteiger partial charge on any atom is -0.389 e. The van der Waals surface area contributed by atoms with Gasteiger partial charge in [0.1, 0.15) is 0 Å². The van der Waals surface area contributed by atoms with Gasteiger partial charge in [-0.3, -0.25) is 0 Å². The second kappa shape index (κ2) is 3.40. The van der Waals surface area contributed by atoms with Crippen LogP contribution in [-0.4, -0.2) is 23.0 Å². The summed E-state index contributed by atoms with van der Waals surface area (Å²) in [5.74, 6) is 0.974. The molecule has 0 saturated heterocycles. The summed E-state index contributed by atoms with van der Waals surface area (Å²) in [7, 11) is 0. The third kappa shape index (κ3) is 1.41. The Kier molecular flexibility index (Phi) is 2.44. The normalized spacial score (nSPS) is 36.5. The summed E-state index contributed by atoms with van der Waals surface area (Å²) < 4.78 is 0. The summed E-state index contributed by atoms with van der Waals surface area (Å²) in [5, 5.41) is 9.78. The molecule has 2 aliphatic rings. The quantitative estimate of drug-likeness (QED) is 0.597. The Balaban J connectivity index is 2.23. The first-order valence-corrected chi connectivity index (χ1v) is 5.57. The maximum absolute atomic E-state index is 9.78. The van der Waals surface area contributed by atoms with E-state index in [1.807, 2.05) is 11.8 Å². The van der Waals surface area contributed by atoms with Gasteiger partial charge in [0, 0.05) is 11.8 Å². The highest BCUT2D eigenvalue weighted by atomic mass is 32.2. The fourth-order valence-electron chi connectivity index (χ4n) is 2.00. The van der Waals surface area contributed by atoms with Gasteiger partial charge in [0.25, 0.3) is 0 Å². The topological polar surface area (TPSA) is 46.2 Å². The van der Waals surface area contributed by atoms with Gasteiger partial charge in [-0.2, -0.15) is 0 Å². The molecule has 1 aliphatic carbocycles. The number of hydrogen-bond acceptors (Lipinski definition) is 3. The summed E-state index contributed by atoms with van der Waals surface area (Å²) >= 11 is 1.85. The molecule has 0 aromatic rings. The van der Waals surface area contributed by atoms with Crippen LogP contribution in [0.15, 0.2) is 10.5 Å². The van der Waals surface area contributed by atoms with Gasteiger partial charge < -0.3 is 10.8 Å². The third-order valence-electron chi connectivity index (χ3n) is 2.65. The van der Waals surface area contributed by atoms with Crippen LogP contribution in [-0.2, 0) is 0 Å². The van der Waals surface area contributed by atoms with Crippen molar-refractivity contribution in [1.82, 2.24) is 0 Å². The molecule has 0 spiro atoms. The molecule has 68 valence electrons. The highest BCUT2D eigenvalue weighted by molar-refractivity contribution is 8.03. The first-order chi connectivity index (χ1) is 5.79. The lowest BCUT2D eigenvalue weighted by atomic mass is 10.0. The number of rotatable bonds is 0. The van der Waals surface area contributed by atoms with E-state index in [1.165, 1.54) is 11.3 Å². The Morgan fingerprint density at radius 3 is 3.08 bits per heavy atom. The zero-order valence-corrected chi connectivity index (χ0v) is 7.94. The van der Waals surface area contributed by atoms with Crippen molar-refractivity contribution < 1.29 is 5.11 Å². The molecular formula is C9H15NOS. The zero-order valence-electron chi connectivity index (χ0n) is 7.12. The van der Waals surface area contributed by atoms with Crippen LogP contribution in [0.5, 0.6) is 0 Å². The maximum atomic E-state index is 9.78. The lowest BCUT2D eigenvalue weighted by Gasteiger charge is -2.14. The summed E-state index contributed by atoms with van der Waals surface area (Å²) in [6.07, 6.45) is 4.17. The van der Waals surface area contributed by atoms with Crippen molar-refractivity contribution in [3.8, 4) is 0 Å². The molecule has 0 aromatic heterocycles. The van der Waals surface area contributed by atoms with Gasteiger partial charge in [-0.15, -0.1) is 11.8 Å². The lowest BCUT2D eigenvalue weighted by molar-refractivity contribution is 0.194. The predicted octanol–water partition coefficient (Wildman–Crippen LogP) is 1.25. The minimum atomic E-state index is -0.243. The summed E-state index contributed by atoms with van der Waals surface area (Å²) in [5.41, 5.74) is 7.06. The molecule has 0 amide bonds. The Labute approximate surface area is 77.2 Å². The van der Waals surface area contributed by atoms with Crippen molar-refractivity contribution >= 4 is 11.8 Å². The van der Waals surface area contributed by atoms with Gasteiger partial charge in [0.05, 0.1) is 6.10 Å². The second-order valence-corrected chi connectivity index (χ2v) is 4.67. The molecule has 2 nitrogen and oxygen atoms in total. The van der Waals surface area contributed by atoms with E-state index in [-0.39, 0.29) is 12.1 Å². The average Bonchev–Trinajstić information content (AvgIpc) is 2.29. The fraction of sp³-hybridized carbons (Fsp3) is 0.778. The first-order valence-electron chi connectivity index (χ1n) is 4.58. The molecule has 1 aliphatic heterocycles. The Hall–Kier alpha value is 0.01000. The van der Waals surface area contributed by atoms with Crippen molar-refractivity contribution in [2.24, 2.45) is 5.73 Å². The van der Waals surface area contributed by atoms with E-state index >= 15 is 0 Å². The van der Waals surface area contributed by atoms with Gasteiger partial charge in [0.15, 0.2) is 0 Å². The highest BCUT2D eigenvalue weighted by Crippen LogP contribution is 2.39. The first kappa shape index (κ1) is 8.60. The average molecular weight is 185 g/mol.